The maximum absolute atomic E-state index is 12.4. The number of halogens is 2. The van der Waals surface area contributed by atoms with Crippen molar-refractivity contribution in [3.63, 3.8) is 0 Å². The Balaban J connectivity index is 3.26. The first kappa shape index (κ1) is 18.0. The van der Waals surface area contributed by atoms with Crippen LogP contribution in [0.2, 0.25) is 10.0 Å². The molecule has 0 aliphatic carbocycles. The summed E-state index contributed by atoms with van der Waals surface area (Å²) in [5.74, 6) is -1.02. The lowest BCUT2D eigenvalue weighted by Crippen LogP contribution is -2.45. The number of benzene rings is 1. The molecule has 118 valence electrons. The SMILES string of the molecule is COC(=O)C(NS(=O)(=O)c1c(N)cc(Cl)cc1Cl)C(C)C. The van der Waals surface area contributed by atoms with E-state index in [1.54, 1.807) is 13.8 Å². The van der Waals surface area contributed by atoms with Crippen molar-refractivity contribution in [3.05, 3.63) is 22.2 Å². The normalized spacial score (nSPS) is 13.2. The van der Waals surface area contributed by atoms with Gasteiger partial charge >= 0.3 is 5.97 Å². The molecule has 0 bridgehead atoms. The number of esters is 1. The number of carbonyl (C=O) groups excluding carboxylic acids is 1. The zero-order chi connectivity index (χ0) is 16.4. The molecule has 0 spiro atoms. The van der Waals surface area contributed by atoms with Crippen LogP contribution in [0.3, 0.4) is 0 Å². The highest BCUT2D eigenvalue weighted by atomic mass is 35.5. The molecule has 0 aliphatic heterocycles. The van der Waals surface area contributed by atoms with Crippen LogP contribution < -0.4 is 10.5 Å². The second-order valence-corrected chi connectivity index (χ2v) is 7.17. The molecule has 0 amide bonds. The first-order valence-electron chi connectivity index (χ1n) is 5.94. The van der Waals surface area contributed by atoms with Crippen LogP contribution in [-0.4, -0.2) is 27.5 Å². The highest BCUT2D eigenvalue weighted by Gasteiger charge is 2.31. The zero-order valence-corrected chi connectivity index (χ0v) is 14.0. The number of hydrogen-bond acceptors (Lipinski definition) is 5. The number of nitrogens with two attached hydrogens (primary N) is 1. The summed E-state index contributed by atoms with van der Waals surface area (Å²) in [6.45, 7) is 3.36. The van der Waals surface area contributed by atoms with Crippen LogP contribution in [0.5, 0.6) is 0 Å². The van der Waals surface area contributed by atoms with Gasteiger partial charge in [0.2, 0.25) is 10.0 Å². The monoisotopic (exact) mass is 354 g/mol. The predicted molar refractivity (Wildman–Crippen MR) is 81.8 cm³/mol. The summed E-state index contributed by atoms with van der Waals surface area (Å²) in [5.41, 5.74) is 5.56. The van der Waals surface area contributed by atoms with E-state index in [4.69, 9.17) is 28.9 Å². The summed E-state index contributed by atoms with van der Waals surface area (Å²) in [6.07, 6.45) is 0. The average molecular weight is 355 g/mol. The van der Waals surface area contributed by atoms with Gasteiger partial charge in [-0.2, -0.15) is 4.72 Å². The summed E-state index contributed by atoms with van der Waals surface area (Å²) in [7, 11) is -2.93. The molecule has 1 aromatic rings. The summed E-state index contributed by atoms with van der Waals surface area (Å²) in [5, 5.41) is 0.0877. The smallest absolute Gasteiger partial charge is 0.324 e. The average Bonchev–Trinajstić information content (AvgIpc) is 2.33. The van der Waals surface area contributed by atoms with E-state index in [-0.39, 0.29) is 26.5 Å². The molecule has 3 N–H and O–H groups in total. The molecule has 21 heavy (non-hydrogen) atoms. The summed E-state index contributed by atoms with van der Waals surface area (Å²) in [4.78, 5) is 11.3. The maximum atomic E-state index is 12.4. The molecule has 0 radical (unpaired) electrons. The van der Waals surface area contributed by atoms with Gasteiger partial charge in [-0.3, -0.25) is 4.79 Å². The predicted octanol–water partition coefficient (Wildman–Crippen LogP) is 2.05. The molecule has 1 unspecified atom stereocenters. The first-order valence-corrected chi connectivity index (χ1v) is 8.18. The molecule has 6 nitrogen and oxygen atoms in total. The van der Waals surface area contributed by atoms with Gasteiger partial charge in [0.05, 0.1) is 17.8 Å². The fourth-order valence-corrected chi connectivity index (χ4v) is 3.99. The van der Waals surface area contributed by atoms with Gasteiger partial charge in [0, 0.05) is 5.02 Å². The van der Waals surface area contributed by atoms with Crippen LogP contribution in [0, 0.1) is 5.92 Å². The van der Waals surface area contributed by atoms with E-state index in [1.807, 2.05) is 0 Å². The van der Waals surface area contributed by atoms with Gasteiger partial charge in [-0.15, -0.1) is 0 Å². The van der Waals surface area contributed by atoms with Gasteiger partial charge in [-0.05, 0) is 18.1 Å². The van der Waals surface area contributed by atoms with E-state index in [0.717, 1.165) is 0 Å². The standard InChI is InChI=1S/C12H16Cl2N2O4S/c1-6(2)10(12(17)20-3)16-21(18,19)11-8(14)4-7(13)5-9(11)15/h4-6,10,16H,15H2,1-3H3. The maximum Gasteiger partial charge on any atom is 0.324 e. The van der Waals surface area contributed by atoms with Crippen molar-refractivity contribution in [3.8, 4) is 0 Å². The van der Waals surface area contributed by atoms with Crippen LogP contribution in [0.25, 0.3) is 0 Å². The Morgan fingerprint density at radius 3 is 2.33 bits per heavy atom. The Kier molecular flexibility index (Phi) is 5.86. The van der Waals surface area contributed by atoms with Gasteiger partial charge < -0.3 is 10.5 Å². The Morgan fingerprint density at radius 1 is 1.33 bits per heavy atom. The van der Waals surface area contributed by atoms with Gasteiger partial charge in [0.15, 0.2) is 0 Å². The largest absolute Gasteiger partial charge is 0.468 e. The molecule has 0 heterocycles. The Labute approximate surface area is 133 Å². The molecule has 1 rings (SSSR count). The van der Waals surface area contributed by atoms with Crippen LogP contribution in [0.15, 0.2) is 17.0 Å². The molecule has 0 saturated heterocycles. The minimum atomic E-state index is -4.10. The number of sulfonamides is 1. The summed E-state index contributed by atoms with van der Waals surface area (Å²) >= 11 is 11.6. The lowest BCUT2D eigenvalue weighted by atomic mass is 10.1. The Hall–Kier alpha value is -1.02. The van der Waals surface area contributed by atoms with Crippen LogP contribution >= 0.6 is 23.2 Å². The third kappa shape index (κ3) is 4.23. The highest BCUT2D eigenvalue weighted by Crippen LogP contribution is 2.31. The molecule has 0 saturated carbocycles. The fourth-order valence-electron chi connectivity index (χ4n) is 1.67. The number of hydrogen-bond donors (Lipinski definition) is 2. The summed E-state index contributed by atoms with van der Waals surface area (Å²) in [6, 6.07) is 1.48. The molecular weight excluding hydrogens is 339 g/mol. The number of rotatable bonds is 5. The minimum Gasteiger partial charge on any atom is -0.468 e. The number of anilines is 1. The van der Waals surface area contributed by atoms with E-state index in [1.165, 1.54) is 19.2 Å². The third-order valence-electron chi connectivity index (χ3n) is 2.71. The van der Waals surface area contributed by atoms with E-state index in [9.17, 15) is 13.2 Å². The fraction of sp³-hybridized carbons (Fsp3) is 0.417. The van der Waals surface area contributed by atoms with Gasteiger partial charge in [-0.25, -0.2) is 8.42 Å². The second kappa shape index (κ2) is 6.83. The van der Waals surface area contributed by atoms with Gasteiger partial charge in [0.1, 0.15) is 10.9 Å². The van der Waals surface area contributed by atoms with E-state index < -0.39 is 22.0 Å². The lowest BCUT2D eigenvalue weighted by Gasteiger charge is -2.20. The van der Waals surface area contributed by atoms with Crippen LogP contribution in [0.1, 0.15) is 13.8 Å². The van der Waals surface area contributed by atoms with Crippen LogP contribution in [0.4, 0.5) is 5.69 Å². The van der Waals surface area contributed by atoms with Crippen molar-refractivity contribution in [2.75, 3.05) is 12.8 Å². The van der Waals surface area contributed by atoms with E-state index in [0.29, 0.717) is 0 Å². The van der Waals surface area contributed by atoms with Gasteiger partial charge in [0.25, 0.3) is 0 Å². The summed E-state index contributed by atoms with van der Waals surface area (Å²) < 4.78 is 31.6. The zero-order valence-electron chi connectivity index (χ0n) is 11.7. The van der Waals surface area contributed by atoms with Crippen molar-refractivity contribution in [1.82, 2.24) is 4.72 Å². The van der Waals surface area contributed by atoms with Crippen LogP contribution in [-0.2, 0) is 19.6 Å². The Morgan fingerprint density at radius 2 is 1.90 bits per heavy atom. The molecule has 1 atom stereocenters. The topological polar surface area (TPSA) is 98.5 Å². The molecule has 0 fully saturated rings. The lowest BCUT2D eigenvalue weighted by molar-refractivity contribution is -0.143. The number of carbonyl (C=O) groups is 1. The van der Waals surface area contributed by atoms with Crippen molar-refractivity contribution in [2.45, 2.75) is 24.8 Å². The molecule has 1 aromatic carbocycles. The quantitative estimate of drug-likeness (QED) is 0.622. The number of methoxy groups -OCH3 is 1. The minimum absolute atomic E-state index is 0.104. The number of nitrogens with one attached hydrogen (secondary N) is 1. The number of ether oxygens (including phenoxy) is 1. The molecular formula is C12H16Cl2N2O4S. The molecule has 0 aliphatic rings. The van der Waals surface area contributed by atoms with Crippen molar-refractivity contribution < 1.29 is 17.9 Å². The van der Waals surface area contributed by atoms with Crippen molar-refractivity contribution in [1.29, 1.82) is 0 Å². The van der Waals surface area contributed by atoms with Crippen molar-refractivity contribution in [2.24, 2.45) is 5.92 Å². The number of nitrogen functional groups attached to an aromatic ring is 1. The van der Waals surface area contributed by atoms with E-state index >= 15 is 0 Å². The molecule has 0 aromatic heterocycles. The third-order valence-corrected chi connectivity index (χ3v) is 4.90. The van der Waals surface area contributed by atoms with E-state index in [2.05, 4.69) is 9.46 Å². The molecule has 9 heteroatoms. The van der Waals surface area contributed by atoms with Crippen molar-refractivity contribution >= 4 is 44.9 Å². The highest BCUT2D eigenvalue weighted by molar-refractivity contribution is 7.89. The first-order chi connectivity index (χ1) is 9.60. The Bertz CT molecular complexity index is 624. The second-order valence-electron chi connectivity index (χ2n) is 4.67. The van der Waals surface area contributed by atoms with Gasteiger partial charge in [-0.1, -0.05) is 37.0 Å².